The molecule has 0 aliphatic carbocycles. The molecule has 2 saturated heterocycles. The Labute approximate surface area is 197 Å². The van der Waals surface area contributed by atoms with Gasteiger partial charge in [-0.2, -0.15) is 8.61 Å². The summed E-state index contributed by atoms with van der Waals surface area (Å²) in [7, 11) is -5.81. The van der Waals surface area contributed by atoms with Crippen molar-refractivity contribution in [3.63, 3.8) is 0 Å². The van der Waals surface area contributed by atoms with Crippen LogP contribution in [0.15, 0.2) is 34.1 Å². The Balaban J connectivity index is 1.71. The third-order valence-electron chi connectivity index (χ3n) is 6.63. The van der Waals surface area contributed by atoms with E-state index in [2.05, 4.69) is 0 Å². The highest BCUT2D eigenvalue weighted by molar-refractivity contribution is 7.89. The van der Waals surface area contributed by atoms with Gasteiger partial charge < -0.3 is 9.64 Å². The number of piperidine rings is 2. The number of carbonyl (C=O) groups excluding carboxylic acids is 1. The van der Waals surface area contributed by atoms with E-state index in [9.17, 15) is 21.6 Å². The van der Waals surface area contributed by atoms with E-state index in [-0.39, 0.29) is 34.3 Å². The molecule has 3 rings (SSSR count). The Morgan fingerprint density at radius 2 is 1.55 bits per heavy atom. The van der Waals surface area contributed by atoms with Gasteiger partial charge in [0.25, 0.3) is 0 Å². The van der Waals surface area contributed by atoms with E-state index in [1.165, 1.54) is 32.9 Å². The fraction of sp³-hybridized carbons (Fsp3) is 0.682. The van der Waals surface area contributed by atoms with E-state index >= 15 is 0 Å². The number of benzene rings is 1. The molecule has 1 atom stereocenters. The molecule has 2 aliphatic rings. The first kappa shape index (κ1) is 26.1. The highest BCUT2D eigenvalue weighted by Crippen LogP contribution is 2.27. The highest BCUT2D eigenvalue weighted by Gasteiger charge is 2.36. The van der Waals surface area contributed by atoms with Crippen molar-refractivity contribution in [1.29, 1.82) is 0 Å². The van der Waals surface area contributed by atoms with Crippen LogP contribution in [0.3, 0.4) is 0 Å². The number of sulfonamides is 2. The standard InChI is InChI=1S/C22H35N3O6S2/c1-4-24(5-2)32(27,28)20-8-10-21(11-9-20)33(29,30)25-14-6-7-18(17-25)22(26)23-15-12-19(31-3)13-16-23/h8-11,18-19H,4-7,12-17H2,1-3H3/t18-/m1/s1. The van der Waals surface area contributed by atoms with Crippen molar-refractivity contribution in [2.75, 3.05) is 46.4 Å². The first-order valence-electron chi connectivity index (χ1n) is 11.6. The van der Waals surface area contributed by atoms with E-state index in [1.807, 2.05) is 4.90 Å². The molecule has 9 nitrogen and oxygen atoms in total. The molecule has 11 heteroatoms. The summed E-state index contributed by atoms with van der Waals surface area (Å²) in [6, 6.07) is 5.36. The van der Waals surface area contributed by atoms with Gasteiger partial charge in [-0.15, -0.1) is 0 Å². The van der Waals surface area contributed by atoms with Gasteiger partial charge in [-0.3, -0.25) is 4.79 Å². The molecule has 33 heavy (non-hydrogen) atoms. The molecular formula is C22H35N3O6S2. The van der Waals surface area contributed by atoms with Crippen molar-refractivity contribution < 1.29 is 26.4 Å². The summed E-state index contributed by atoms with van der Waals surface area (Å²) in [6.07, 6.45) is 3.03. The van der Waals surface area contributed by atoms with Gasteiger partial charge in [0.05, 0.1) is 21.8 Å². The third-order valence-corrected chi connectivity index (χ3v) is 10.6. The molecule has 1 aromatic rings. The molecule has 2 fully saturated rings. The van der Waals surface area contributed by atoms with Crippen LogP contribution in [0, 0.1) is 5.92 Å². The first-order valence-corrected chi connectivity index (χ1v) is 14.4. The van der Waals surface area contributed by atoms with E-state index in [1.54, 1.807) is 21.0 Å². The second-order valence-corrected chi connectivity index (χ2v) is 12.4. The molecule has 0 unspecified atom stereocenters. The van der Waals surface area contributed by atoms with Crippen molar-refractivity contribution in [2.45, 2.75) is 55.4 Å². The Hall–Kier alpha value is -1.53. The molecule has 0 N–H and O–H groups in total. The topological polar surface area (TPSA) is 104 Å². The van der Waals surface area contributed by atoms with Gasteiger partial charge in [-0.05, 0) is 49.9 Å². The highest BCUT2D eigenvalue weighted by atomic mass is 32.2. The fourth-order valence-corrected chi connectivity index (χ4v) is 7.56. The predicted molar refractivity (Wildman–Crippen MR) is 125 cm³/mol. The molecule has 0 spiro atoms. The van der Waals surface area contributed by atoms with E-state index in [0.29, 0.717) is 45.6 Å². The maximum absolute atomic E-state index is 13.2. The monoisotopic (exact) mass is 501 g/mol. The molecule has 1 aromatic carbocycles. The summed E-state index contributed by atoms with van der Waals surface area (Å²) < 4.78 is 59.9. The lowest BCUT2D eigenvalue weighted by atomic mass is 9.96. The van der Waals surface area contributed by atoms with Crippen LogP contribution in [-0.2, 0) is 29.6 Å². The van der Waals surface area contributed by atoms with Crippen LogP contribution in [0.4, 0.5) is 0 Å². The first-order chi connectivity index (χ1) is 15.6. The molecule has 2 aliphatic heterocycles. The van der Waals surface area contributed by atoms with Gasteiger partial charge in [-0.25, -0.2) is 16.8 Å². The molecule has 0 radical (unpaired) electrons. The number of hydrogen-bond acceptors (Lipinski definition) is 6. The number of hydrogen-bond donors (Lipinski definition) is 0. The van der Waals surface area contributed by atoms with Crippen LogP contribution in [0.25, 0.3) is 0 Å². The molecule has 2 heterocycles. The number of nitrogens with zero attached hydrogens (tertiary/aromatic N) is 3. The van der Waals surface area contributed by atoms with E-state index in [4.69, 9.17) is 4.74 Å². The maximum atomic E-state index is 13.2. The minimum Gasteiger partial charge on any atom is -0.381 e. The van der Waals surface area contributed by atoms with Crippen molar-refractivity contribution >= 4 is 26.0 Å². The van der Waals surface area contributed by atoms with Gasteiger partial charge in [0, 0.05) is 46.4 Å². The zero-order valence-corrected chi connectivity index (χ0v) is 21.3. The number of likely N-dealkylation sites (tertiary alicyclic amines) is 1. The van der Waals surface area contributed by atoms with Gasteiger partial charge >= 0.3 is 0 Å². The number of ether oxygens (including phenoxy) is 1. The zero-order chi connectivity index (χ0) is 24.2. The molecular weight excluding hydrogens is 466 g/mol. The molecule has 0 bridgehead atoms. The second kappa shape index (κ2) is 10.8. The smallest absolute Gasteiger partial charge is 0.243 e. The molecule has 186 valence electrons. The lowest BCUT2D eigenvalue weighted by Crippen LogP contribution is -2.49. The summed E-state index contributed by atoms with van der Waals surface area (Å²) in [6.45, 7) is 5.94. The van der Waals surface area contributed by atoms with Gasteiger partial charge in [0.1, 0.15) is 0 Å². The summed E-state index contributed by atoms with van der Waals surface area (Å²) >= 11 is 0. The van der Waals surface area contributed by atoms with Crippen LogP contribution in [-0.4, -0.2) is 88.7 Å². The van der Waals surface area contributed by atoms with Crippen molar-refractivity contribution in [2.24, 2.45) is 5.92 Å². The summed E-state index contributed by atoms with van der Waals surface area (Å²) in [5, 5.41) is 0. The zero-order valence-electron chi connectivity index (χ0n) is 19.6. The van der Waals surface area contributed by atoms with Crippen LogP contribution in [0.5, 0.6) is 0 Å². The Morgan fingerprint density at radius 1 is 0.970 bits per heavy atom. The number of rotatable bonds is 8. The fourth-order valence-electron chi connectivity index (χ4n) is 4.58. The van der Waals surface area contributed by atoms with E-state index in [0.717, 1.165) is 12.8 Å². The van der Waals surface area contributed by atoms with Gasteiger partial charge in [0.2, 0.25) is 26.0 Å². The minimum atomic E-state index is -3.83. The largest absolute Gasteiger partial charge is 0.381 e. The number of carbonyl (C=O) groups is 1. The average molecular weight is 502 g/mol. The minimum absolute atomic E-state index is 0.00474. The Bertz CT molecular complexity index is 1010. The average Bonchev–Trinajstić information content (AvgIpc) is 2.84. The maximum Gasteiger partial charge on any atom is 0.243 e. The number of amides is 1. The number of methoxy groups -OCH3 is 1. The SMILES string of the molecule is CCN(CC)S(=O)(=O)c1ccc(S(=O)(=O)N2CCC[C@@H](C(=O)N3CCC(OC)CC3)C2)cc1. The van der Waals surface area contributed by atoms with Crippen molar-refractivity contribution in [1.82, 2.24) is 13.5 Å². The van der Waals surface area contributed by atoms with Crippen LogP contribution >= 0.6 is 0 Å². The van der Waals surface area contributed by atoms with Crippen LogP contribution < -0.4 is 0 Å². The third kappa shape index (κ3) is 5.59. The van der Waals surface area contributed by atoms with Crippen LogP contribution in [0.2, 0.25) is 0 Å². The van der Waals surface area contributed by atoms with E-state index < -0.39 is 20.0 Å². The summed E-state index contributed by atoms with van der Waals surface area (Å²) in [5.74, 6) is -0.361. The van der Waals surface area contributed by atoms with Gasteiger partial charge in [-0.1, -0.05) is 13.8 Å². The predicted octanol–water partition coefficient (Wildman–Crippen LogP) is 1.76. The molecule has 0 aromatic heterocycles. The Morgan fingerprint density at radius 3 is 2.09 bits per heavy atom. The van der Waals surface area contributed by atoms with Crippen molar-refractivity contribution in [3.05, 3.63) is 24.3 Å². The summed E-state index contributed by atoms with van der Waals surface area (Å²) in [4.78, 5) is 15.0. The lowest BCUT2D eigenvalue weighted by Gasteiger charge is -2.37. The molecule has 1 amide bonds. The van der Waals surface area contributed by atoms with Crippen molar-refractivity contribution in [3.8, 4) is 0 Å². The summed E-state index contributed by atoms with van der Waals surface area (Å²) in [5.41, 5.74) is 0. The Kier molecular flexibility index (Phi) is 8.55. The lowest BCUT2D eigenvalue weighted by molar-refractivity contribution is -0.139. The quantitative estimate of drug-likeness (QED) is 0.538. The van der Waals surface area contributed by atoms with Crippen LogP contribution in [0.1, 0.15) is 39.5 Å². The molecule has 0 saturated carbocycles. The van der Waals surface area contributed by atoms with Gasteiger partial charge in [0.15, 0.2) is 0 Å². The normalized spacial score (nSPS) is 21.5. The second-order valence-electron chi connectivity index (χ2n) is 8.52.